The Morgan fingerprint density at radius 2 is 0.586 bits per heavy atom. The van der Waals surface area contributed by atoms with Crippen LogP contribution in [0.15, 0.2) is 255 Å². The molecule has 0 aliphatic rings. The molecule has 0 saturated carbocycles. The lowest BCUT2D eigenvalue weighted by atomic mass is 10.0. The zero-order chi connectivity index (χ0) is 45.9. The summed E-state index contributed by atoms with van der Waals surface area (Å²) in [5.41, 5.74) is 18.9. The van der Waals surface area contributed by atoms with Crippen LogP contribution in [0.1, 0.15) is 0 Å². The molecule has 0 spiro atoms. The van der Waals surface area contributed by atoms with Gasteiger partial charge in [0.2, 0.25) is 0 Å². The molecular weight excluding hydrogens is 849 g/mol. The maximum Gasteiger partial charge on any atom is 0.0620 e. The highest BCUT2D eigenvalue weighted by Crippen LogP contribution is 2.44. The number of fused-ring (bicyclic) bond motifs is 12. The molecule has 4 aromatic heterocycles. The van der Waals surface area contributed by atoms with Crippen LogP contribution in [0.3, 0.4) is 0 Å². The van der Waals surface area contributed by atoms with E-state index in [9.17, 15) is 0 Å². The molecule has 0 atom stereocenters. The summed E-state index contributed by atoms with van der Waals surface area (Å²) in [5, 5.41) is 10.1. The zero-order valence-electron chi connectivity index (χ0n) is 38.0. The van der Waals surface area contributed by atoms with Gasteiger partial charge in [-0.2, -0.15) is 0 Å². The van der Waals surface area contributed by atoms with E-state index in [0.717, 1.165) is 28.4 Å². The predicted octanol–water partition coefficient (Wildman–Crippen LogP) is 17.8. The first-order valence-corrected chi connectivity index (χ1v) is 24.1. The first-order chi connectivity index (χ1) is 34.7. The van der Waals surface area contributed by atoms with E-state index in [1.165, 1.54) is 104 Å². The van der Waals surface area contributed by atoms with Gasteiger partial charge in [0.1, 0.15) is 0 Å². The average Bonchev–Trinajstić information content (AvgIpc) is 4.16. The molecule has 0 unspecified atom stereocenters. The zero-order valence-corrected chi connectivity index (χ0v) is 38.0. The van der Waals surface area contributed by atoms with Crippen LogP contribution in [-0.2, 0) is 0 Å². The highest BCUT2D eigenvalue weighted by Gasteiger charge is 2.21. The van der Waals surface area contributed by atoms with Gasteiger partial charge in [-0.25, -0.2) is 0 Å². The van der Waals surface area contributed by atoms with Crippen molar-refractivity contribution in [1.82, 2.24) is 13.5 Å². The average molecular weight is 891 g/mol. The van der Waals surface area contributed by atoms with E-state index in [2.05, 4.69) is 273 Å². The van der Waals surface area contributed by atoms with Gasteiger partial charge < -0.3 is 18.4 Å². The second kappa shape index (κ2) is 15.1. The smallest absolute Gasteiger partial charge is 0.0620 e. The molecule has 0 aliphatic carbocycles. The molecule has 0 fully saturated rings. The van der Waals surface area contributed by atoms with Gasteiger partial charge in [0.25, 0.3) is 0 Å². The first-order valence-electron chi connectivity index (χ1n) is 24.1. The molecule has 11 aromatic carbocycles. The van der Waals surface area contributed by atoms with Crippen LogP contribution in [0.4, 0.5) is 17.1 Å². The van der Waals surface area contributed by atoms with Gasteiger partial charge in [0.05, 0.1) is 38.6 Å². The van der Waals surface area contributed by atoms with Gasteiger partial charge in [-0.3, -0.25) is 0 Å². The van der Waals surface area contributed by atoms with Crippen LogP contribution in [0, 0.1) is 0 Å². The molecule has 0 radical (unpaired) electrons. The quantitative estimate of drug-likeness (QED) is 0.156. The summed E-state index contributed by atoms with van der Waals surface area (Å²) in [4.78, 5) is 2.41. The largest absolute Gasteiger partial charge is 0.310 e. The van der Waals surface area contributed by atoms with Crippen molar-refractivity contribution in [1.29, 1.82) is 0 Å². The molecule has 326 valence electrons. The van der Waals surface area contributed by atoms with E-state index in [-0.39, 0.29) is 0 Å². The minimum atomic E-state index is 1.09. The number of nitrogens with zero attached hydrogens (tertiary/aromatic N) is 4. The third-order valence-corrected chi connectivity index (χ3v) is 14.8. The van der Waals surface area contributed by atoms with E-state index in [1.54, 1.807) is 0 Å². The fourth-order valence-corrected chi connectivity index (χ4v) is 11.6. The number of hydrogen-bond donors (Lipinski definition) is 0. The molecule has 0 bridgehead atoms. The molecule has 0 amide bonds. The Morgan fingerprint density at radius 3 is 1.11 bits per heavy atom. The minimum absolute atomic E-state index is 1.09. The highest BCUT2D eigenvalue weighted by atomic mass is 15.1. The second-order valence-corrected chi connectivity index (χ2v) is 18.5. The Morgan fingerprint density at radius 1 is 0.229 bits per heavy atom. The molecule has 4 heterocycles. The summed E-state index contributed by atoms with van der Waals surface area (Å²) in [7, 11) is 0. The van der Waals surface area contributed by atoms with Crippen molar-refractivity contribution >= 4 is 98.8 Å². The SMILES string of the molecule is c1ccc(-n2c3ccccc3c3cc(-c4ccc(N(c5ccc(-c6ccc7c(c6)c6ccccc6n7-c6ccccc6)cc5)c5ccc6c(c5)c5cccc7c8ccccc8n6c75)cc4)ccc32)cc1. The van der Waals surface area contributed by atoms with Gasteiger partial charge in [-0.05, 0) is 131 Å². The summed E-state index contributed by atoms with van der Waals surface area (Å²) < 4.78 is 7.20. The molecule has 15 aromatic rings. The normalized spacial score (nSPS) is 12.0. The fraction of sp³-hybridized carbons (Fsp3) is 0. The number of para-hydroxylation sites is 6. The van der Waals surface area contributed by atoms with Crippen LogP contribution in [0.2, 0.25) is 0 Å². The number of anilines is 3. The summed E-state index contributed by atoms with van der Waals surface area (Å²) in [6, 6.07) is 93.4. The summed E-state index contributed by atoms with van der Waals surface area (Å²) >= 11 is 0. The Hall–Kier alpha value is -9.38. The van der Waals surface area contributed by atoms with E-state index >= 15 is 0 Å². The Labute approximate surface area is 403 Å². The summed E-state index contributed by atoms with van der Waals surface area (Å²) in [6.45, 7) is 0. The highest BCUT2D eigenvalue weighted by molar-refractivity contribution is 6.23. The summed E-state index contributed by atoms with van der Waals surface area (Å²) in [5.74, 6) is 0. The van der Waals surface area contributed by atoms with E-state index in [0.29, 0.717) is 0 Å². The molecule has 4 nitrogen and oxygen atoms in total. The van der Waals surface area contributed by atoms with Gasteiger partial charge >= 0.3 is 0 Å². The van der Waals surface area contributed by atoms with Gasteiger partial charge in [0, 0.05) is 71.5 Å². The topological polar surface area (TPSA) is 17.5 Å². The first kappa shape index (κ1) is 38.7. The lowest BCUT2D eigenvalue weighted by Gasteiger charge is -2.26. The molecule has 15 rings (SSSR count). The van der Waals surface area contributed by atoms with Crippen molar-refractivity contribution in [3.63, 3.8) is 0 Å². The van der Waals surface area contributed by atoms with Crippen molar-refractivity contribution in [2.75, 3.05) is 4.90 Å². The van der Waals surface area contributed by atoms with Gasteiger partial charge in [0.15, 0.2) is 0 Å². The molecule has 0 saturated heterocycles. The maximum atomic E-state index is 2.45. The predicted molar refractivity (Wildman–Crippen MR) is 295 cm³/mol. The lowest BCUT2D eigenvalue weighted by molar-refractivity contribution is 1.18. The molecule has 70 heavy (non-hydrogen) atoms. The standard InChI is InChI=1S/C66H42N4/c1-3-14-47(15-4-1)68-60-23-10-8-19-53(60)57-40-45(30-37-63(57)68)43-26-32-49(33-27-43)67(51-36-39-65-59(42-51)56-22-13-21-55-52-18-7-12-25-62(52)70(65)66(55)56)50-34-28-44(29-35-50)46-31-38-64-58(41-46)54-20-9-11-24-61(54)69(64)48-16-5-2-6-17-48/h1-42H. The van der Waals surface area contributed by atoms with Crippen molar-refractivity contribution < 1.29 is 0 Å². The Bertz CT molecular complexity index is 4300. The van der Waals surface area contributed by atoms with Crippen LogP contribution in [0.5, 0.6) is 0 Å². The molecule has 4 heteroatoms. The van der Waals surface area contributed by atoms with Crippen molar-refractivity contribution in [2.45, 2.75) is 0 Å². The van der Waals surface area contributed by atoms with Crippen LogP contribution in [-0.4, -0.2) is 13.5 Å². The maximum absolute atomic E-state index is 2.45. The number of rotatable bonds is 7. The van der Waals surface area contributed by atoms with Crippen LogP contribution >= 0.6 is 0 Å². The third kappa shape index (κ3) is 5.71. The van der Waals surface area contributed by atoms with Crippen molar-refractivity contribution in [3.05, 3.63) is 255 Å². The Balaban J connectivity index is 0.857. The van der Waals surface area contributed by atoms with Gasteiger partial charge in [-0.15, -0.1) is 0 Å². The number of hydrogen-bond acceptors (Lipinski definition) is 1. The van der Waals surface area contributed by atoms with Gasteiger partial charge in [-0.1, -0.05) is 146 Å². The number of aromatic nitrogens is 3. The van der Waals surface area contributed by atoms with E-state index < -0.39 is 0 Å². The van der Waals surface area contributed by atoms with E-state index in [4.69, 9.17) is 0 Å². The molecular formula is C66H42N4. The molecule has 0 N–H and O–H groups in total. The Kier molecular flexibility index (Phi) is 8.33. The lowest BCUT2D eigenvalue weighted by Crippen LogP contribution is -2.09. The number of benzene rings is 11. The van der Waals surface area contributed by atoms with E-state index in [1.807, 2.05) is 0 Å². The minimum Gasteiger partial charge on any atom is -0.310 e. The van der Waals surface area contributed by atoms with Crippen molar-refractivity contribution in [3.8, 4) is 33.6 Å². The monoisotopic (exact) mass is 890 g/mol. The van der Waals surface area contributed by atoms with Crippen LogP contribution in [0.25, 0.3) is 115 Å². The summed E-state index contributed by atoms with van der Waals surface area (Å²) in [6.07, 6.45) is 0. The van der Waals surface area contributed by atoms with Crippen molar-refractivity contribution in [2.24, 2.45) is 0 Å². The fourth-order valence-electron chi connectivity index (χ4n) is 11.6. The third-order valence-electron chi connectivity index (χ3n) is 14.8. The van der Waals surface area contributed by atoms with Crippen LogP contribution < -0.4 is 4.90 Å². The molecule has 0 aliphatic heterocycles. The second-order valence-electron chi connectivity index (χ2n) is 18.5.